The Hall–Kier alpha value is -3.54. The van der Waals surface area contributed by atoms with Crippen molar-refractivity contribution in [2.45, 2.75) is 33.6 Å². The van der Waals surface area contributed by atoms with E-state index in [1.807, 2.05) is 39.8 Å². The van der Waals surface area contributed by atoms with Crippen molar-refractivity contribution in [2.75, 3.05) is 6.61 Å². The quantitative estimate of drug-likeness (QED) is 0.474. The molecule has 4 aromatic rings. The van der Waals surface area contributed by atoms with Crippen molar-refractivity contribution in [3.8, 4) is 11.5 Å². The van der Waals surface area contributed by atoms with Gasteiger partial charge in [0.15, 0.2) is 0 Å². The predicted molar refractivity (Wildman–Crippen MR) is 113 cm³/mol. The van der Waals surface area contributed by atoms with Crippen LogP contribution in [0, 0.1) is 27.7 Å². The second-order valence-electron chi connectivity index (χ2n) is 8.06. The number of hydrogen-bond acceptors (Lipinski definition) is 6. The summed E-state index contributed by atoms with van der Waals surface area (Å²) in [6.45, 7) is 7.61. The number of benzene rings is 2. The zero-order valence-corrected chi connectivity index (χ0v) is 17.1. The lowest BCUT2D eigenvalue weighted by Gasteiger charge is -2.13. The second-order valence-corrected chi connectivity index (χ2v) is 8.06. The average molecular weight is 404 g/mol. The highest BCUT2D eigenvalue weighted by Crippen LogP contribution is 2.44. The van der Waals surface area contributed by atoms with E-state index in [0.717, 1.165) is 22.3 Å². The van der Waals surface area contributed by atoms with Gasteiger partial charge in [-0.15, -0.1) is 0 Å². The average Bonchev–Trinajstić information content (AvgIpc) is 3.05. The van der Waals surface area contributed by atoms with Crippen LogP contribution in [0.4, 0.5) is 0 Å². The molecule has 2 aromatic heterocycles. The fraction of sp³-hybridized carbons (Fsp3) is 0.250. The Morgan fingerprint density at radius 3 is 1.97 bits per heavy atom. The number of ether oxygens (including phenoxy) is 1. The Kier molecular flexibility index (Phi) is 3.84. The second kappa shape index (κ2) is 6.23. The molecule has 30 heavy (non-hydrogen) atoms. The number of aryl methyl sites for hydroxylation is 4. The lowest BCUT2D eigenvalue weighted by molar-refractivity contribution is 0.339. The third-order valence-corrected chi connectivity index (χ3v) is 5.79. The normalized spacial score (nSPS) is 15.5. The molecule has 1 atom stereocenters. The summed E-state index contributed by atoms with van der Waals surface area (Å²) in [5, 5.41) is 12.2. The number of hydrogen-bond donors (Lipinski definition) is 1. The SMILES string of the molecule is Cc1cc(C)c2c(O)c(C3COc4c3c(=O)oc3cc(C)cc(C)c43)c(=O)oc2c1. The van der Waals surface area contributed by atoms with Crippen molar-refractivity contribution >= 4 is 21.9 Å². The molecule has 3 heterocycles. The number of fused-ring (bicyclic) bond motifs is 4. The summed E-state index contributed by atoms with van der Waals surface area (Å²) in [6.07, 6.45) is 0. The van der Waals surface area contributed by atoms with E-state index < -0.39 is 17.2 Å². The van der Waals surface area contributed by atoms with Crippen molar-refractivity contribution in [2.24, 2.45) is 0 Å². The minimum Gasteiger partial charge on any atom is -0.507 e. The van der Waals surface area contributed by atoms with E-state index in [4.69, 9.17) is 13.6 Å². The van der Waals surface area contributed by atoms with Gasteiger partial charge in [0.1, 0.15) is 22.7 Å². The zero-order chi connectivity index (χ0) is 21.3. The highest BCUT2D eigenvalue weighted by molar-refractivity contribution is 5.91. The number of rotatable bonds is 1. The van der Waals surface area contributed by atoms with Gasteiger partial charge in [-0.05, 0) is 62.1 Å². The van der Waals surface area contributed by atoms with Crippen molar-refractivity contribution < 1.29 is 18.7 Å². The lowest BCUT2D eigenvalue weighted by atomic mass is 9.91. The van der Waals surface area contributed by atoms with Gasteiger partial charge in [-0.1, -0.05) is 12.1 Å². The molecule has 0 saturated heterocycles. The summed E-state index contributed by atoms with van der Waals surface area (Å²) < 4.78 is 17.0. The molecule has 6 heteroatoms. The molecule has 0 amide bonds. The summed E-state index contributed by atoms with van der Waals surface area (Å²) >= 11 is 0. The minimum atomic E-state index is -0.775. The molecule has 0 bridgehead atoms. The van der Waals surface area contributed by atoms with E-state index in [-0.39, 0.29) is 23.5 Å². The molecule has 0 aliphatic carbocycles. The fourth-order valence-corrected chi connectivity index (χ4v) is 4.62. The summed E-state index contributed by atoms with van der Waals surface area (Å²) in [5.74, 6) is -0.550. The third kappa shape index (κ3) is 2.49. The van der Waals surface area contributed by atoms with E-state index in [0.29, 0.717) is 27.7 Å². The Morgan fingerprint density at radius 1 is 0.800 bits per heavy atom. The standard InChI is InChI=1S/C24H20O6/c1-10-5-12(3)17-15(7-10)29-23(26)19(21(17)25)14-9-28-22-18-13(4)6-11(2)8-16(18)30-24(27)20(14)22/h5-8,14,25H,9H2,1-4H3. The maximum atomic E-state index is 12.9. The van der Waals surface area contributed by atoms with E-state index in [1.165, 1.54) is 0 Å². The van der Waals surface area contributed by atoms with Crippen LogP contribution >= 0.6 is 0 Å². The van der Waals surface area contributed by atoms with Crippen molar-refractivity contribution in [3.63, 3.8) is 0 Å². The minimum absolute atomic E-state index is 0.0182. The van der Waals surface area contributed by atoms with Crippen molar-refractivity contribution in [1.82, 2.24) is 0 Å². The zero-order valence-electron chi connectivity index (χ0n) is 17.1. The molecule has 1 N–H and O–H groups in total. The predicted octanol–water partition coefficient (Wildman–Crippen LogP) is 4.36. The van der Waals surface area contributed by atoms with Gasteiger partial charge in [-0.3, -0.25) is 0 Å². The Balaban J connectivity index is 1.82. The van der Waals surface area contributed by atoms with E-state index in [9.17, 15) is 14.7 Å². The van der Waals surface area contributed by atoms with Crippen LogP contribution in [0.15, 0.2) is 42.7 Å². The first-order chi connectivity index (χ1) is 14.3. The molecular formula is C24H20O6. The largest absolute Gasteiger partial charge is 0.507 e. The van der Waals surface area contributed by atoms with E-state index >= 15 is 0 Å². The van der Waals surface area contributed by atoms with Crippen LogP contribution in [0.25, 0.3) is 21.9 Å². The van der Waals surface area contributed by atoms with Gasteiger partial charge in [0.25, 0.3) is 0 Å². The van der Waals surface area contributed by atoms with Gasteiger partial charge in [-0.25, -0.2) is 9.59 Å². The maximum Gasteiger partial charge on any atom is 0.344 e. The maximum absolute atomic E-state index is 12.9. The molecule has 1 aliphatic heterocycles. The van der Waals surface area contributed by atoms with Crippen LogP contribution in [-0.2, 0) is 0 Å². The molecule has 0 fully saturated rings. The van der Waals surface area contributed by atoms with Gasteiger partial charge in [0.05, 0.1) is 34.4 Å². The Labute approximate surface area is 171 Å². The molecule has 5 rings (SSSR count). The first-order valence-corrected chi connectivity index (χ1v) is 9.74. The fourth-order valence-electron chi connectivity index (χ4n) is 4.62. The highest BCUT2D eigenvalue weighted by atomic mass is 16.5. The van der Waals surface area contributed by atoms with Crippen molar-refractivity contribution in [1.29, 1.82) is 0 Å². The van der Waals surface area contributed by atoms with Gasteiger partial charge in [0.2, 0.25) is 0 Å². The van der Waals surface area contributed by atoms with Crippen LogP contribution in [-0.4, -0.2) is 11.7 Å². The first kappa shape index (κ1) is 18.5. The Bertz CT molecular complexity index is 1490. The molecule has 1 aliphatic rings. The monoisotopic (exact) mass is 404 g/mol. The molecule has 0 spiro atoms. The smallest absolute Gasteiger partial charge is 0.344 e. The molecule has 2 aromatic carbocycles. The van der Waals surface area contributed by atoms with Crippen LogP contribution in [0.3, 0.4) is 0 Å². The van der Waals surface area contributed by atoms with Gasteiger partial charge < -0.3 is 18.7 Å². The number of aromatic hydroxyl groups is 1. The first-order valence-electron chi connectivity index (χ1n) is 9.74. The van der Waals surface area contributed by atoms with Crippen LogP contribution in [0.5, 0.6) is 11.5 Å². The molecule has 1 unspecified atom stereocenters. The van der Waals surface area contributed by atoms with Gasteiger partial charge in [-0.2, -0.15) is 0 Å². The summed E-state index contributed by atoms with van der Waals surface area (Å²) in [5.41, 5.74) is 3.32. The van der Waals surface area contributed by atoms with Crippen LogP contribution in [0.1, 0.15) is 39.3 Å². The Morgan fingerprint density at radius 2 is 1.33 bits per heavy atom. The van der Waals surface area contributed by atoms with Gasteiger partial charge in [0, 0.05) is 0 Å². The lowest BCUT2D eigenvalue weighted by Crippen LogP contribution is -2.19. The van der Waals surface area contributed by atoms with Crippen LogP contribution < -0.4 is 16.0 Å². The topological polar surface area (TPSA) is 89.9 Å². The molecule has 6 nitrogen and oxygen atoms in total. The summed E-state index contributed by atoms with van der Waals surface area (Å²) in [6, 6.07) is 7.37. The van der Waals surface area contributed by atoms with Crippen molar-refractivity contribution in [3.05, 3.63) is 78.5 Å². The summed E-state index contributed by atoms with van der Waals surface area (Å²) in [7, 11) is 0. The molecule has 152 valence electrons. The van der Waals surface area contributed by atoms with E-state index in [2.05, 4.69) is 0 Å². The highest BCUT2D eigenvalue weighted by Gasteiger charge is 2.37. The van der Waals surface area contributed by atoms with Gasteiger partial charge >= 0.3 is 11.3 Å². The van der Waals surface area contributed by atoms with E-state index in [1.54, 1.807) is 12.1 Å². The third-order valence-electron chi connectivity index (χ3n) is 5.79. The molecular weight excluding hydrogens is 384 g/mol. The molecule has 0 radical (unpaired) electrons. The van der Waals surface area contributed by atoms with Crippen LogP contribution in [0.2, 0.25) is 0 Å². The summed E-state index contributed by atoms with van der Waals surface area (Å²) in [4.78, 5) is 25.7. The molecule has 0 saturated carbocycles.